The normalized spacial score (nSPS) is 17.0. The molecule has 1 aliphatic rings. The topological polar surface area (TPSA) is 67.4 Å². The number of benzene rings is 1. The van der Waals surface area contributed by atoms with E-state index < -0.39 is 0 Å². The Morgan fingerprint density at radius 3 is 2.57 bits per heavy atom. The van der Waals surface area contributed by atoms with Crippen molar-refractivity contribution in [2.24, 2.45) is 5.92 Å². The van der Waals surface area contributed by atoms with Crippen LogP contribution in [0.5, 0.6) is 0 Å². The van der Waals surface area contributed by atoms with Gasteiger partial charge in [0.15, 0.2) is 0 Å². The van der Waals surface area contributed by atoms with Crippen LogP contribution in [0.4, 0.5) is 0 Å². The molecule has 1 fully saturated rings. The second kappa shape index (κ2) is 7.78. The average Bonchev–Trinajstić information content (AvgIpc) is 2.54. The fraction of sp³-hybridized carbons (Fsp3) is 0.500. The van der Waals surface area contributed by atoms with Crippen LogP contribution in [0.1, 0.15) is 31.4 Å². The summed E-state index contributed by atoms with van der Waals surface area (Å²) in [5.41, 5.74) is 1.04. The Morgan fingerprint density at radius 1 is 1.24 bits per heavy atom. The van der Waals surface area contributed by atoms with Gasteiger partial charge in [-0.05, 0) is 25.3 Å². The summed E-state index contributed by atoms with van der Waals surface area (Å²) in [5.74, 6) is -0.259. The van der Waals surface area contributed by atoms with E-state index in [1.165, 1.54) is 0 Å². The van der Waals surface area contributed by atoms with Crippen molar-refractivity contribution in [1.29, 1.82) is 0 Å². The molecule has 0 bridgehead atoms. The van der Waals surface area contributed by atoms with Gasteiger partial charge in [0.05, 0.1) is 12.6 Å². The predicted molar refractivity (Wildman–Crippen MR) is 79.6 cm³/mol. The molecule has 0 aliphatic carbocycles. The second-order valence-corrected chi connectivity index (χ2v) is 5.30. The molecule has 0 saturated carbocycles. The zero-order chi connectivity index (χ0) is 15.1. The summed E-state index contributed by atoms with van der Waals surface area (Å²) in [7, 11) is 0. The molecule has 2 amide bonds. The van der Waals surface area contributed by atoms with E-state index in [0.717, 1.165) is 18.4 Å². The summed E-state index contributed by atoms with van der Waals surface area (Å²) < 4.78 is 5.22. The van der Waals surface area contributed by atoms with Gasteiger partial charge in [-0.15, -0.1) is 0 Å². The minimum atomic E-state index is -0.174. The van der Waals surface area contributed by atoms with Crippen LogP contribution in [0.15, 0.2) is 30.3 Å². The van der Waals surface area contributed by atoms with E-state index in [1.54, 1.807) is 0 Å². The molecule has 0 aromatic heterocycles. The third-order valence-electron chi connectivity index (χ3n) is 3.69. The molecule has 5 nitrogen and oxygen atoms in total. The van der Waals surface area contributed by atoms with Crippen LogP contribution in [0, 0.1) is 5.92 Å². The Hall–Kier alpha value is -1.88. The van der Waals surface area contributed by atoms with Crippen molar-refractivity contribution >= 4 is 11.8 Å². The fourth-order valence-corrected chi connectivity index (χ4v) is 2.39. The first-order chi connectivity index (χ1) is 10.2. The van der Waals surface area contributed by atoms with Gasteiger partial charge < -0.3 is 15.4 Å². The molecule has 1 aromatic rings. The van der Waals surface area contributed by atoms with Gasteiger partial charge in [0, 0.05) is 19.1 Å². The first kappa shape index (κ1) is 15.5. The molecule has 2 rings (SSSR count). The molecule has 0 radical (unpaired) electrons. The quantitative estimate of drug-likeness (QED) is 0.861. The third kappa shape index (κ3) is 4.86. The number of carbonyl (C=O) groups is 2. The SMILES string of the molecule is CC(NC(=O)CNC(=O)C1CCOCC1)c1ccccc1. The first-order valence-electron chi connectivity index (χ1n) is 7.36. The number of amides is 2. The van der Waals surface area contributed by atoms with E-state index in [9.17, 15) is 9.59 Å². The van der Waals surface area contributed by atoms with Crippen molar-refractivity contribution in [3.8, 4) is 0 Å². The monoisotopic (exact) mass is 290 g/mol. The summed E-state index contributed by atoms with van der Waals surface area (Å²) in [6.07, 6.45) is 1.46. The molecular formula is C16H22N2O3. The lowest BCUT2D eigenvalue weighted by molar-refractivity contribution is -0.130. The fourth-order valence-electron chi connectivity index (χ4n) is 2.39. The number of hydrogen-bond donors (Lipinski definition) is 2. The Morgan fingerprint density at radius 2 is 1.90 bits per heavy atom. The first-order valence-corrected chi connectivity index (χ1v) is 7.36. The molecule has 1 aliphatic heterocycles. The van der Waals surface area contributed by atoms with Crippen LogP contribution >= 0.6 is 0 Å². The van der Waals surface area contributed by atoms with Crippen molar-refractivity contribution in [2.45, 2.75) is 25.8 Å². The van der Waals surface area contributed by atoms with Crippen molar-refractivity contribution in [1.82, 2.24) is 10.6 Å². The third-order valence-corrected chi connectivity index (χ3v) is 3.69. The van der Waals surface area contributed by atoms with Gasteiger partial charge in [-0.25, -0.2) is 0 Å². The molecule has 114 valence electrons. The van der Waals surface area contributed by atoms with E-state index in [4.69, 9.17) is 4.74 Å². The zero-order valence-electron chi connectivity index (χ0n) is 12.3. The van der Waals surface area contributed by atoms with Gasteiger partial charge in [-0.1, -0.05) is 30.3 Å². The lowest BCUT2D eigenvalue weighted by Crippen LogP contribution is -2.41. The lowest BCUT2D eigenvalue weighted by atomic mass is 9.99. The highest BCUT2D eigenvalue weighted by atomic mass is 16.5. The van der Waals surface area contributed by atoms with E-state index in [-0.39, 0.29) is 30.3 Å². The second-order valence-electron chi connectivity index (χ2n) is 5.30. The minimum absolute atomic E-state index is 0.0212. The van der Waals surface area contributed by atoms with Crippen LogP contribution in [-0.2, 0) is 14.3 Å². The molecule has 21 heavy (non-hydrogen) atoms. The molecule has 2 N–H and O–H groups in total. The minimum Gasteiger partial charge on any atom is -0.381 e. The Labute approximate surface area is 125 Å². The van der Waals surface area contributed by atoms with Crippen LogP contribution in [-0.4, -0.2) is 31.6 Å². The van der Waals surface area contributed by atoms with Gasteiger partial charge >= 0.3 is 0 Å². The largest absolute Gasteiger partial charge is 0.381 e. The zero-order valence-corrected chi connectivity index (χ0v) is 12.3. The van der Waals surface area contributed by atoms with Crippen LogP contribution < -0.4 is 10.6 Å². The Kier molecular flexibility index (Phi) is 5.75. The summed E-state index contributed by atoms with van der Waals surface area (Å²) >= 11 is 0. The van der Waals surface area contributed by atoms with Gasteiger partial charge in [-0.2, -0.15) is 0 Å². The maximum absolute atomic E-state index is 11.9. The highest BCUT2D eigenvalue weighted by molar-refractivity contribution is 5.86. The number of ether oxygens (including phenoxy) is 1. The van der Waals surface area contributed by atoms with Gasteiger partial charge in [-0.3, -0.25) is 9.59 Å². The standard InChI is InChI=1S/C16H22N2O3/c1-12(13-5-3-2-4-6-13)18-15(19)11-17-16(20)14-7-9-21-10-8-14/h2-6,12,14H,7-11H2,1H3,(H,17,20)(H,18,19). The number of rotatable bonds is 5. The van der Waals surface area contributed by atoms with Gasteiger partial charge in [0.25, 0.3) is 0 Å². The van der Waals surface area contributed by atoms with Gasteiger partial charge in [0.2, 0.25) is 11.8 Å². The highest BCUT2D eigenvalue weighted by Crippen LogP contribution is 2.14. The maximum Gasteiger partial charge on any atom is 0.239 e. The maximum atomic E-state index is 11.9. The summed E-state index contributed by atoms with van der Waals surface area (Å²) in [6, 6.07) is 9.66. The van der Waals surface area contributed by atoms with Crippen LogP contribution in [0.25, 0.3) is 0 Å². The lowest BCUT2D eigenvalue weighted by Gasteiger charge is -2.21. The number of carbonyl (C=O) groups excluding carboxylic acids is 2. The van der Waals surface area contributed by atoms with Crippen molar-refractivity contribution in [2.75, 3.05) is 19.8 Å². The van der Waals surface area contributed by atoms with Crippen molar-refractivity contribution in [3.63, 3.8) is 0 Å². The van der Waals surface area contributed by atoms with E-state index in [1.807, 2.05) is 37.3 Å². The number of nitrogens with one attached hydrogen (secondary N) is 2. The van der Waals surface area contributed by atoms with Crippen LogP contribution in [0.3, 0.4) is 0 Å². The average molecular weight is 290 g/mol. The highest BCUT2D eigenvalue weighted by Gasteiger charge is 2.21. The molecule has 1 aromatic carbocycles. The Balaban J connectivity index is 1.73. The van der Waals surface area contributed by atoms with Crippen molar-refractivity contribution < 1.29 is 14.3 Å². The molecule has 1 heterocycles. The molecule has 5 heteroatoms. The molecule has 1 atom stereocenters. The smallest absolute Gasteiger partial charge is 0.239 e. The summed E-state index contributed by atoms with van der Waals surface area (Å²) in [4.78, 5) is 23.8. The summed E-state index contributed by atoms with van der Waals surface area (Å²) in [5, 5.41) is 5.58. The molecule has 1 saturated heterocycles. The van der Waals surface area contributed by atoms with E-state index in [2.05, 4.69) is 10.6 Å². The van der Waals surface area contributed by atoms with E-state index in [0.29, 0.717) is 13.2 Å². The summed E-state index contributed by atoms with van der Waals surface area (Å²) in [6.45, 7) is 3.19. The predicted octanol–water partition coefficient (Wildman–Crippen LogP) is 1.41. The number of hydrogen-bond acceptors (Lipinski definition) is 3. The van der Waals surface area contributed by atoms with Crippen LogP contribution in [0.2, 0.25) is 0 Å². The van der Waals surface area contributed by atoms with E-state index >= 15 is 0 Å². The van der Waals surface area contributed by atoms with Crippen molar-refractivity contribution in [3.05, 3.63) is 35.9 Å². The molecule has 0 spiro atoms. The Bertz CT molecular complexity index is 470. The molecular weight excluding hydrogens is 268 g/mol. The van der Waals surface area contributed by atoms with Gasteiger partial charge in [0.1, 0.15) is 0 Å². The molecule has 1 unspecified atom stereocenters.